The number of fused-ring (bicyclic) bond motifs is 8. The van der Waals surface area contributed by atoms with E-state index in [1.54, 1.807) is 0 Å². The number of nitrogens with one attached hydrogen (secondary N) is 2. The third kappa shape index (κ3) is 7.04. The van der Waals surface area contributed by atoms with E-state index in [2.05, 4.69) is 65.2 Å². The fraction of sp³-hybridized carbons (Fsp3) is 0.231. The summed E-state index contributed by atoms with van der Waals surface area (Å²) in [6.07, 6.45) is 19.0. The molecule has 0 saturated heterocycles. The van der Waals surface area contributed by atoms with E-state index in [0.717, 1.165) is 92.1 Å². The Hall–Kier alpha value is -7.60. The molecule has 12 nitrogen and oxygen atoms in total. The van der Waals surface area contributed by atoms with Gasteiger partial charge in [-0.2, -0.15) is 0 Å². The van der Waals surface area contributed by atoms with Gasteiger partial charge in [-0.1, -0.05) is 0 Å². The lowest BCUT2D eigenvalue weighted by Crippen LogP contribution is -2.03. The van der Waals surface area contributed by atoms with Crippen LogP contribution in [0.25, 0.3) is 91.3 Å². The van der Waals surface area contributed by atoms with Gasteiger partial charge in [0, 0.05) is 99.0 Å². The van der Waals surface area contributed by atoms with Gasteiger partial charge >= 0.3 is 0 Å². The average molecular weight is 851 g/mol. The molecule has 322 valence electrons. The molecule has 0 spiro atoms. The molecule has 0 amide bonds. The SMILES string of the molecule is CC(C)n1cc(-c2c3nc(c(-c4cc(C=O)cn4C(C)C)c4ccc([nH]4)c(-c4cc(C=O)cn4C(C)C)c4nc(c(-c5cc(C=O)cn5C(C)C)c5ccc2[nH]5)C=C4)C=C3)cc1C=O. The van der Waals surface area contributed by atoms with Crippen LogP contribution in [0.5, 0.6) is 0 Å². The number of aromatic amines is 2. The van der Waals surface area contributed by atoms with E-state index in [1.807, 2.05) is 116 Å². The van der Waals surface area contributed by atoms with Gasteiger partial charge in [-0.25, -0.2) is 9.97 Å². The van der Waals surface area contributed by atoms with Gasteiger partial charge in [0.2, 0.25) is 0 Å². The molecule has 0 unspecified atom stereocenters. The summed E-state index contributed by atoms with van der Waals surface area (Å²) in [5, 5.41) is 0. The van der Waals surface area contributed by atoms with E-state index in [4.69, 9.17) is 9.97 Å². The quantitative estimate of drug-likeness (QED) is 0.117. The molecule has 2 aliphatic heterocycles. The van der Waals surface area contributed by atoms with Crippen LogP contribution in [-0.2, 0) is 0 Å². The summed E-state index contributed by atoms with van der Waals surface area (Å²) in [7, 11) is 0. The number of hydrogen-bond donors (Lipinski definition) is 2. The highest BCUT2D eigenvalue weighted by Gasteiger charge is 2.25. The Balaban J connectivity index is 1.52. The second-order valence-corrected chi connectivity index (χ2v) is 17.6. The highest BCUT2D eigenvalue weighted by molar-refractivity contribution is 6.00. The standard InChI is InChI=1S/C52H50N8O4/c1-29(2)57-24-36(20-37(57)28-64)49-38-9-11-40(53-38)50(46-17-33(25-61)21-58(46)30(3)4)42-13-15-44(55-42)52(48-19-35(27-63)23-60(48)32(7)8)45-16-14-43(56-45)51(41-12-10-39(49)54-41)47-18-34(26-62)22-59(47)31(5)6/h9-32,53,56H,1-8H3. The summed E-state index contributed by atoms with van der Waals surface area (Å²) in [5.74, 6) is 0. The van der Waals surface area contributed by atoms with Gasteiger partial charge in [-0.3, -0.25) is 19.2 Å². The number of aromatic nitrogens is 8. The van der Waals surface area contributed by atoms with E-state index in [-0.39, 0.29) is 24.2 Å². The van der Waals surface area contributed by atoms with Gasteiger partial charge in [0.15, 0.2) is 25.1 Å². The number of carbonyl (C=O) groups excluding carboxylic acids is 4. The smallest absolute Gasteiger partial charge is 0.166 e. The molecule has 0 radical (unpaired) electrons. The van der Waals surface area contributed by atoms with Gasteiger partial charge in [0.25, 0.3) is 0 Å². The normalized spacial score (nSPS) is 12.4. The highest BCUT2D eigenvalue weighted by Crippen LogP contribution is 2.41. The summed E-state index contributed by atoms with van der Waals surface area (Å²) in [6.45, 7) is 16.6. The minimum atomic E-state index is 0.00612. The largest absolute Gasteiger partial charge is 0.354 e. The minimum absolute atomic E-state index is 0.00612. The van der Waals surface area contributed by atoms with Gasteiger partial charge in [0.1, 0.15) is 0 Å². The monoisotopic (exact) mass is 850 g/mol. The first-order valence-electron chi connectivity index (χ1n) is 21.7. The Labute approximate surface area is 370 Å². The number of H-pyrrole nitrogens is 2. The van der Waals surface area contributed by atoms with E-state index in [0.29, 0.717) is 45.2 Å². The van der Waals surface area contributed by atoms with E-state index >= 15 is 0 Å². The molecular formula is C52H50N8O4. The van der Waals surface area contributed by atoms with Crippen LogP contribution in [0.2, 0.25) is 0 Å². The Bertz CT molecular complexity index is 3220. The van der Waals surface area contributed by atoms with Gasteiger partial charge < -0.3 is 28.2 Å². The first-order valence-corrected chi connectivity index (χ1v) is 21.7. The van der Waals surface area contributed by atoms with Gasteiger partial charge in [-0.15, -0.1) is 0 Å². The number of carbonyl (C=O) groups is 4. The number of rotatable bonds is 12. The predicted molar refractivity (Wildman–Crippen MR) is 256 cm³/mol. The van der Waals surface area contributed by atoms with Crippen molar-refractivity contribution in [2.75, 3.05) is 0 Å². The van der Waals surface area contributed by atoms with Crippen LogP contribution in [0.1, 0.15) is 144 Å². The van der Waals surface area contributed by atoms with Crippen LogP contribution in [0.4, 0.5) is 0 Å². The minimum Gasteiger partial charge on any atom is -0.354 e. The molecule has 64 heavy (non-hydrogen) atoms. The third-order valence-electron chi connectivity index (χ3n) is 12.1. The molecule has 0 atom stereocenters. The van der Waals surface area contributed by atoms with Crippen molar-refractivity contribution in [2.45, 2.75) is 79.6 Å². The molecule has 0 aromatic carbocycles. The molecule has 9 rings (SSSR count). The van der Waals surface area contributed by atoms with Gasteiger partial charge in [0.05, 0.1) is 62.1 Å². The van der Waals surface area contributed by atoms with E-state index < -0.39 is 0 Å². The molecule has 8 bridgehead atoms. The van der Waals surface area contributed by atoms with Gasteiger partial charge in [-0.05, 0) is 128 Å². The summed E-state index contributed by atoms with van der Waals surface area (Å²) in [4.78, 5) is 67.9. The van der Waals surface area contributed by atoms with Crippen LogP contribution in [0.15, 0.2) is 73.3 Å². The fourth-order valence-corrected chi connectivity index (χ4v) is 9.07. The molecule has 0 aliphatic carbocycles. The van der Waals surface area contributed by atoms with Crippen LogP contribution in [0, 0.1) is 0 Å². The average Bonchev–Trinajstić information content (AvgIpc) is 4.12. The van der Waals surface area contributed by atoms with Crippen molar-refractivity contribution in [2.24, 2.45) is 0 Å². The lowest BCUT2D eigenvalue weighted by molar-refractivity contribution is 0.110. The highest BCUT2D eigenvalue weighted by atomic mass is 16.1. The van der Waals surface area contributed by atoms with Crippen molar-refractivity contribution in [1.29, 1.82) is 0 Å². The second kappa shape index (κ2) is 16.3. The van der Waals surface area contributed by atoms with Crippen molar-refractivity contribution in [3.8, 4) is 44.9 Å². The zero-order valence-electron chi connectivity index (χ0n) is 37.2. The summed E-state index contributed by atoms with van der Waals surface area (Å²) >= 11 is 0. The van der Waals surface area contributed by atoms with E-state index in [9.17, 15) is 19.2 Å². The Kier molecular flexibility index (Phi) is 10.6. The van der Waals surface area contributed by atoms with Crippen molar-refractivity contribution >= 4 is 71.5 Å². The fourth-order valence-electron chi connectivity index (χ4n) is 9.07. The lowest BCUT2D eigenvalue weighted by Gasteiger charge is -2.15. The van der Waals surface area contributed by atoms with Crippen molar-refractivity contribution in [3.63, 3.8) is 0 Å². The topological polar surface area (TPSA) is 145 Å². The van der Waals surface area contributed by atoms with Crippen LogP contribution >= 0.6 is 0 Å². The molecule has 9 heterocycles. The van der Waals surface area contributed by atoms with Crippen molar-refractivity contribution < 1.29 is 19.2 Å². The zero-order valence-corrected chi connectivity index (χ0v) is 37.2. The maximum atomic E-state index is 12.5. The maximum absolute atomic E-state index is 12.5. The summed E-state index contributed by atoms with van der Waals surface area (Å²) < 4.78 is 8.22. The molecular weight excluding hydrogens is 801 g/mol. The number of aldehydes is 4. The summed E-state index contributed by atoms with van der Waals surface area (Å²) in [6, 6.07) is 15.7. The molecule has 0 fully saturated rings. The lowest BCUT2D eigenvalue weighted by atomic mass is 10.1. The van der Waals surface area contributed by atoms with Crippen LogP contribution in [-0.4, -0.2) is 63.3 Å². The molecule has 7 aromatic rings. The first kappa shape index (κ1) is 41.7. The second-order valence-electron chi connectivity index (χ2n) is 17.6. The first-order chi connectivity index (χ1) is 30.8. The molecule has 2 aliphatic rings. The number of nitrogens with zero attached hydrogens (tertiary/aromatic N) is 6. The molecule has 7 aromatic heterocycles. The van der Waals surface area contributed by atoms with Crippen molar-refractivity contribution in [3.05, 3.63) is 118 Å². The molecule has 12 heteroatoms. The number of hydrogen-bond acceptors (Lipinski definition) is 6. The molecule has 0 saturated carbocycles. The Morgan fingerprint density at radius 2 is 0.750 bits per heavy atom. The van der Waals surface area contributed by atoms with Crippen molar-refractivity contribution in [1.82, 2.24) is 38.2 Å². The predicted octanol–water partition coefficient (Wildman–Crippen LogP) is 12.1. The zero-order chi connectivity index (χ0) is 45.1. The Morgan fingerprint density at radius 1 is 0.422 bits per heavy atom. The van der Waals surface area contributed by atoms with E-state index in [1.165, 1.54) is 0 Å². The molecule has 2 N–H and O–H groups in total. The summed E-state index contributed by atoms with van der Waals surface area (Å²) in [5.41, 5.74) is 14.2. The van der Waals surface area contributed by atoms with Crippen LogP contribution < -0.4 is 0 Å². The Morgan fingerprint density at radius 3 is 1.05 bits per heavy atom. The third-order valence-corrected chi connectivity index (χ3v) is 12.1. The maximum Gasteiger partial charge on any atom is 0.166 e. The van der Waals surface area contributed by atoms with Crippen LogP contribution in [0.3, 0.4) is 0 Å².